The molecule has 7 nitrogen and oxygen atoms in total. The zero-order chi connectivity index (χ0) is 19.6. The molecule has 2 fully saturated rings. The Morgan fingerprint density at radius 2 is 1.70 bits per heavy atom. The number of halogens is 1. The fraction of sp³-hybridized carbons (Fsp3) is 0.579. The SMILES string of the molecule is COc1cc(N)c(Cl)cc1C(=O)N1CCN(C(C)C(=O)N2CCCC2)CC1. The van der Waals surface area contributed by atoms with E-state index in [-0.39, 0.29) is 17.9 Å². The molecule has 1 unspecified atom stereocenters. The van der Waals surface area contributed by atoms with Gasteiger partial charge in [0.25, 0.3) is 5.91 Å². The summed E-state index contributed by atoms with van der Waals surface area (Å²) >= 11 is 6.09. The van der Waals surface area contributed by atoms with E-state index in [0.717, 1.165) is 25.9 Å². The summed E-state index contributed by atoms with van der Waals surface area (Å²) in [4.78, 5) is 31.4. The van der Waals surface area contributed by atoms with Gasteiger partial charge in [0.05, 0.1) is 29.4 Å². The highest BCUT2D eigenvalue weighted by atomic mass is 35.5. The van der Waals surface area contributed by atoms with E-state index in [2.05, 4.69) is 4.90 Å². The van der Waals surface area contributed by atoms with Gasteiger partial charge in [0.2, 0.25) is 5.91 Å². The van der Waals surface area contributed by atoms with Gasteiger partial charge in [0.1, 0.15) is 5.75 Å². The minimum Gasteiger partial charge on any atom is -0.496 e. The van der Waals surface area contributed by atoms with Gasteiger partial charge in [-0.05, 0) is 25.8 Å². The molecule has 2 aliphatic rings. The molecule has 148 valence electrons. The molecular formula is C19H27ClN4O3. The minimum atomic E-state index is -0.152. The molecule has 2 aliphatic heterocycles. The molecule has 1 aromatic carbocycles. The molecule has 2 saturated heterocycles. The van der Waals surface area contributed by atoms with Crippen LogP contribution in [0.5, 0.6) is 5.75 Å². The summed E-state index contributed by atoms with van der Waals surface area (Å²) in [5, 5.41) is 0.336. The Morgan fingerprint density at radius 1 is 1.07 bits per heavy atom. The molecule has 0 aliphatic carbocycles. The Kier molecular flexibility index (Phi) is 6.11. The number of nitrogens with two attached hydrogens (primary N) is 1. The number of piperazine rings is 1. The van der Waals surface area contributed by atoms with Crippen molar-refractivity contribution in [3.63, 3.8) is 0 Å². The van der Waals surface area contributed by atoms with Crippen molar-refractivity contribution in [2.75, 3.05) is 52.1 Å². The van der Waals surface area contributed by atoms with Crippen molar-refractivity contribution in [3.8, 4) is 5.75 Å². The Balaban J connectivity index is 1.63. The number of hydrogen-bond acceptors (Lipinski definition) is 5. The average Bonchev–Trinajstić information content (AvgIpc) is 3.23. The van der Waals surface area contributed by atoms with Crippen molar-refractivity contribution in [2.24, 2.45) is 0 Å². The van der Waals surface area contributed by atoms with Gasteiger partial charge >= 0.3 is 0 Å². The number of nitrogens with zero attached hydrogens (tertiary/aromatic N) is 3. The number of nitrogen functional groups attached to an aromatic ring is 1. The van der Waals surface area contributed by atoms with Crippen molar-refractivity contribution < 1.29 is 14.3 Å². The number of benzene rings is 1. The largest absolute Gasteiger partial charge is 0.496 e. The van der Waals surface area contributed by atoms with Crippen molar-refractivity contribution in [3.05, 3.63) is 22.7 Å². The third-order valence-corrected chi connectivity index (χ3v) is 5.80. The van der Waals surface area contributed by atoms with E-state index in [0.29, 0.717) is 48.2 Å². The Labute approximate surface area is 165 Å². The van der Waals surface area contributed by atoms with Crippen molar-refractivity contribution in [1.82, 2.24) is 14.7 Å². The predicted octanol–water partition coefficient (Wildman–Crippen LogP) is 1.70. The molecule has 0 aromatic heterocycles. The van der Waals surface area contributed by atoms with Crippen LogP contribution in [0.3, 0.4) is 0 Å². The van der Waals surface area contributed by atoms with E-state index in [1.54, 1.807) is 17.0 Å². The Morgan fingerprint density at radius 3 is 2.30 bits per heavy atom. The molecule has 0 bridgehead atoms. The lowest BCUT2D eigenvalue weighted by Gasteiger charge is -2.38. The zero-order valence-electron chi connectivity index (χ0n) is 15.9. The topological polar surface area (TPSA) is 79.1 Å². The highest BCUT2D eigenvalue weighted by Gasteiger charge is 2.31. The summed E-state index contributed by atoms with van der Waals surface area (Å²) in [6.07, 6.45) is 2.18. The maximum absolute atomic E-state index is 12.9. The van der Waals surface area contributed by atoms with Crippen LogP contribution < -0.4 is 10.5 Å². The molecule has 0 radical (unpaired) electrons. The number of amides is 2. The number of methoxy groups -OCH3 is 1. The number of anilines is 1. The third-order valence-electron chi connectivity index (χ3n) is 5.47. The number of hydrogen-bond donors (Lipinski definition) is 1. The minimum absolute atomic E-state index is 0.132. The molecule has 1 aromatic rings. The van der Waals surface area contributed by atoms with Gasteiger partial charge in [-0.25, -0.2) is 0 Å². The number of carbonyl (C=O) groups excluding carboxylic acids is 2. The highest BCUT2D eigenvalue weighted by molar-refractivity contribution is 6.33. The van der Waals surface area contributed by atoms with E-state index in [1.807, 2.05) is 11.8 Å². The van der Waals surface area contributed by atoms with Gasteiger partial charge in [-0.3, -0.25) is 14.5 Å². The van der Waals surface area contributed by atoms with Gasteiger partial charge in [-0.1, -0.05) is 11.6 Å². The summed E-state index contributed by atoms with van der Waals surface area (Å²) in [6, 6.07) is 2.98. The Hall–Kier alpha value is -1.99. The lowest BCUT2D eigenvalue weighted by molar-refractivity contribution is -0.135. The summed E-state index contributed by atoms with van der Waals surface area (Å²) in [5.41, 5.74) is 6.58. The second kappa shape index (κ2) is 8.35. The number of carbonyl (C=O) groups is 2. The van der Waals surface area contributed by atoms with Crippen LogP contribution in [0.2, 0.25) is 5.02 Å². The van der Waals surface area contributed by atoms with E-state index < -0.39 is 0 Å². The van der Waals surface area contributed by atoms with E-state index >= 15 is 0 Å². The Bertz CT molecular complexity index is 713. The summed E-state index contributed by atoms with van der Waals surface area (Å²) in [7, 11) is 1.50. The lowest BCUT2D eigenvalue weighted by atomic mass is 10.1. The van der Waals surface area contributed by atoms with Crippen LogP contribution in [-0.4, -0.2) is 78.9 Å². The standard InChI is InChI=1S/C19H27ClN4O3/c1-13(18(25)23-5-3-4-6-23)22-7-9-24(10-8-22)19(26)14-11-15(20)16(21)12-17(14)27-2/h11-13H,3-10,21H2,1-2H3. The normalized spacial score (nSPS) is 19.2. The smallest absolute Gasteiger partial charge is 0.257 e. The molecule has 1 atom stereocenters. The summed E-state index contributed by atoms with van der Waals surface area (Å²) < 4.78 is 5.29. The zero-order valence-corrected chi connectivity index (χ0v) is 16.7. The third kappa shape index (κ3) is 4.14. The first kappa shape index (κ1) is 19.8. The molecule has 0 saturated carbocycles. The number of ether oxygens (including phenoxy) is 1. The summed E-state index contributed by atoms with van der Waals surface area (Å²) in [5.74, 6) is 0.480. The van der Waals surface area contributed by atoms with Gasteiger partial charge < -0.3 is 20.3 Å². The van der Waals surface area contributed by atoms with Gasteiger partial charge in [0.15, 0.2) is 0 Å². The molecule has 2 N–H and O–H groups in total. The first-order valence-electron chi connectivity index (χ1n) is 9.37. The van der Waals surface area contributed by atoms with Crippen LogP contribution >= 0.6 is 11.6 Å². The first-order valence-corrected chi connectivity index (χ1v) is 9.75. The summed E-state index contributed by atoms with van der Waals surface area (Å²) in [6.45, 7) is 6.12. The van der Waals surface area contributed by atoms with Gasteiger partial charge in [0, 0.05) is 45.3 Å². The highest BCUT2D eigenvalue weighted by Crippen LogP contribution is 2.30. The van der Waals surface area contributed by atoms with Crippen LogP contribution in [0.1, 0.15) is 30.1 Å². The lowest BCUT2D eigenvalue weighted by Crippen LogP contribution is -2.55. The fourth-order valence-electron chi connectivity index (χ4n) is 3.75. The van der Waals surface area contributed by atoms with Crippen LogP contribution in [0.4, 0.5) is 5.69 Å². The van der Waals surface area contributed by atoms with Crippen LogP contribution in [0.15, 0.2) is 12.1 Å². The van der Waals surface area contributed by atoms with E-state index in [4.69, 9.17) is 22.1 Å². The maximum atomic E-state index is 12.9. The number of likely N-dealkylation sites (tertiary alicyclic amines) is 1. The molecule has 0 spiro atoms. The molecule has 8 heteroatoms. The monoisotopic (exact) mass is 394 g/mol. The predicted molar refractivity (Wildman–Crippen MR) is 105 cm³/mol. The molecule has 3 rings (SSSR count). The van der Waals surface area contributed by atoms with Gasteiger partial charge in [-0.15, -0.1) is 0 Å². The van der Waals surface area contributed by atoms with Gasteiger partial charge in [-0.2, -0.15) is 0 Å². The quantitative estimate of drug-likeness (QED) is 0.786. The molecule has 2 amide bonds. The maximum Gasteiger partial charge on any atom is 0.257 e. The van der Waals surface area contributed by atoms with Crippen LogP contribution in [0, 0.1) is 0 Å². The second-order valence-electron chi connectivity index (χ2n) is 7.11. The van der Waals surface area contributed by atoms with Crippen molar-refractivity contribution in [2.45, 2.75) is 25.8 Å². The van der Waals surface area contributed by atoms with Crippen molar-refractivity contribution in [1.29, 1.82) is 0 Å². The first-order chi connectivity index (χ1) is 12.9. The second-order valence-corrected chi connectivity index (χ2v) is 7.52. The van der Waals surface area contributed by atoms with Crippen LogP contribution in [0.25, 0.3) is 0 Å². The van der Waals surface area contributed by atoms with E-state index in [9.17, 15) is 9.59 Å². The fourth-order valence-corrected chi connectivity index (χ4v) is 3.91. The molecule has 2 heterocycles. The van der Waals surface area contributed by atoms with E-state index in [1.165, 1.54) is 7.11 Å². The molecule has 27 heavy (non-hydrogen) atoms. The van der Waals surface area contributed by atoms with Crippen LogP contribution in [-0.2, 0) is 4.79 Å². The average molecular weight is 395 g/mol. The molecular weight excluding hydrogens is 368 g/mol. The van der Waals surface area contributed by atoms with Crippen molar-refractivity contribution >= 4 is 29.1 Å². The number of rotatable bonds is 4.